The smallest absolute Gasteiger partial charge is 0.325 e. The van der Waals surface area contributed by atoms with Crippen molar-refractivity contribution in [1.82, 2.24) is 5.32 Å². The second-order valence-electron chi connectivity index (χ2n) is 3.85. The molecule has 0 aromatic heterocycles. The first-order valence-electron chi connectivity index (χ1n) is 5.20. The van der Waals surface area contributed by atoms with Crippen LogP contribution in [-0.4, -0.2) is 23.0 Å². The first-order valence-corrected chi connectivity index (χ1v) is 5.58. The zero-order chi connectivity index (χ0) is 13.0. The van der Waals surface area contributed by atoms with Gasteiger partial charge in [-0.25, -0.2) is 0 Å². The summed E-state index contributed by atoms with van der Waals surface area (Å²) in [6, 6.07) is 6.04. The number of aliphatic carboxylic acids is 1. The van der Waals surface area contributed by atoms with Crippen molar-refractivity contribution in [3.63, 3.8) is 0 Å². The van der Waals surface area contributed by atoms with E-state index < -0.39 is 17.9 Å². The maximum absolute atomic E-state index is 11.8. The van der Waals surface area contributed by atoms with Crippen LogP contribution in [0.3, 0.4) is 0 Å². The number of halogens is 1. The van der Waals surface area contributed by atoms with E-state index in [0.717, 1.165) is 5.56 Å². The number of carbonyl (C=O) groups excluding carboxylic acids is 1. The summed E-state index contributed by atoms with van der Waals surface area (Å²) in [4.78, 5) is 22.4. The highest BCUT2D eigenvalue weighted by molar-refractivity contribution is 6.30. The van der Waals surface area contributed by atoms with E-state index in [2.05, 4.69) is 5.32 Å². The quantitative estimate of drug-likeness (QED) is 0.865. The number of nitrogens with one attached hydrogen (secondary N) is 1. The number of hydrogen-bond acceptors (Lipinski definition) is 2. The number of amides is 1. The monoisotopic (exact) mass is 255 g/mol. The van der Waals surface area contributed by atoms with Crippen LogP contribution >= 0.6 is 11.6 Å². The van der Waals surface area contributed by atoms with Crippen molar-refractivity contribution in [2.75, 3.05) is 0 Å². The number of carboxylic acids is 1. The molecule has 1 rings (SSSR count). The average Bonchev–Trinajstić information content (AvgIpc) is 2.27. The number of hydrogen-bond donors (Lipinski definition) is 2. The van der Waals surface area contributed by atoms with E-state index in [1.54, 1.807) is 31.2 Å². The highest BCUT2D eigenvalue weighted by atomic mass is 35.5. The van der Waals surface area contributed by atoms with Gasteiger partial charge in [0, 0.05) is 5.02 Å². The third kappa shape index (κ3) is 3.75. The molecule has 0 aliphatic heterocycles. The molecular formula is C12H14ClNO3. The number of benzene rings is 1. The van der Waals surface area contributed by atoms with E-state index in [1.807, 2.05) is 0 Å². The van der Waals surface area contributed by atoms with E-state index >= 15 is 0 Å². The van der Waals surface area contributed by atoms with Gasteiger partial charge in [-0.3, -0.25) is 9.59 Å². The standard InChI is InChI=1S/C12H14ClNO3/c1-7(9-4-3-5-10(13)6-9)11(15)14-8(2)12(16)17/h3-8H,1-2H3,(H,14,15)(H,16,17)/t7?,8-/m0/s1. The van der Waals surface area contributed by atoms with Gasteiger partial charge in [0.2, 0.25) is 5.91 Å². The van der Waals surface area contributed by atoms with Crippen molar-refractivity contribution in [2.24, 2.45) is 0 Å². The predicted octanol–water partition coefficient (Wildman–Crippen LogP) is 2.03. The van der Waals surface area contributed by atoms with Gasteiger partial charge in [-0.05, 0) is 31.5 Å². The number of rotatable bonds is 4. The van der Waals surface area contributed by atoms with Crippen LogP contribution < -0.4 is 5.32 Å². The normalized spacial score (nSPS) is 13.8. The zero-order valence-electron chi connectivity index (χ0n) is 9.61. The summed E-state index contributed by atoms with van der Waals surface area (Å²) in [6.45, 7) is 3.13. The molecule has 0 bridgehead atoms. The molecule has 4 nitrogen and oxygen atoms in total. The van der Waals surface area contributed by atoms with Crippen molar-refractivity contribution < 1.29 is 14.7 Å². The maximum atomic E-state index is 11.8. The lowest BCUT2D eigenvalue weighted by atomic mass is 10.0. The van der Waals surface area contributed by atoms with E-state index in [-0.39, 0.29) is 5.91 Å². The van der Waals surface area contributed by atoms with E-state index in [1.165, 1.54) is 6.92 Å². The fraction of sp³-hybridized carbons (Fsp3) is 0.333. The molecular weight excluding hydrogens is 242 g/mol. The lowest BCUT2D eigenvalue weighted by Gasteiger charge is -2.15. The SMILES string of the molecule is CC(C(=O)N[C@@H](C)C(=O)O)c1cccc(Cl)c1. The molecule has 0 aliphatic rings. The Morgan fingerprint density at radius 1 is 1.35 bits per heavy atom. The van der Waals surface area contributed by atoms with Gasteiger partial charge in [0.15, 0.2) is 0 Å². The molecule has 1 aromatic carbocycles. The Kier molecular flexibility index (Phi) is 4.52. The Morgan fingerprint density at radius 2 is 2.00 bits per heavy atom. The van der Waals surface area contributed by atoms with E-state index in [4.69, 9.17) is 16.7 Å². The highest BCUT2D eigenvalue weighted by Gasteiger charge is 2.20. The summed E-state index contributed by atoms with van der Waals surface area (Å²) in [5.41, 5.74) is 0.757. The molecule has 17 heavy (non-hydrogen) atoms. The summed E-state index contributed by atoms with van der Waals surface area (Å²) >= 11 is 5.82. The number of carboxylic acid groups (broad SMARTS) is 1. The first-order chi connectivity index (χ1) is 7.91. The minimum absolute atomic E-state index is 0.331. The van der Waals surface area contributed by atoms with Crippen LogP contribution in [0.25, 0.3) is 0 Å². The van der Waals surface area contributed by atoms with Crippen molar-refractivity contribution in [3.8, 4) is 0 Å². The van der Waals surface area contributed by atoms with Crippen LogP contribution in [0.15, 0.2) is 24.3 Å². The zero-order valence-corrected chi connectivity index (χ0v) is 10.4. The molecule has 0 saturated heterocycles. The molecule has 1 amide bonds. The van der Waals surface area contributed by atoms with E-state index in [9.17, 15) is 9.59 Å². The van der Waals surface area contributed by atoms with Gasteiger partial charge in [-0.1, -0.05) is 23.7 Å². The van der Waals surface area contributed by atoms with Crippen molar-refractivity contribution in [3.05, 3.63) is 34.9 Å². The first kappa shape index (κ1) is 13.5. The Labute approximate surface area is 105 Å². The van der Waals surface area contributed by atoms with Crippen LogP contribution in [0.2, 0.25) is 5.02 Å². The van der Waals surface area contributed by atoms with Gasteiger partial charge in [0.1, 0.15) is 6.04 Å². The Hall–Kier alpha value is -1.55. The van der Waals surface area contributed by atoms with Crippen LogP contribution in [-0.2, 0) is 9.59 Å². The molecule has 5 heteroatoms. The molecule has 1 unspecified atom stereocenters. The molecule has 0 fully saturated rings. The molecule has 0 spiro atoms. The van der Waals surface area contributed by atoms with Crippen molar-refractivity contribution in [1.29, 1.82) is 0 Å². The fourth-order valence-electron chi connectivity index (χ4n) is 1.33. The maximum Gasteiger partial charge on any atom is 0.325 e. The lowest BCUT2D eigenvalue weighted by molar-refractivity contribution is -0.141. The lowest BCUT2D eigenvalue weighted by Crippen LogP contribution is -2.40. The molecule has 0 saturated carbocycles. The Bertz CT molecular complexity index is 434. The summed E-state index contributed by atoms with van der Waals surface area (Å²) in [6.07, 6.45) is 0. The molecule has 2 atom stereocenters. The van der Waals surface area contributed by atoms with Gasteiger partial charge >= 0.3 is 5.97 Å². The highest BCUT2D eigenvalue weighted by Crippen LogP contribution is 2.19. The van der Waals surface area contributed by atoms with Gasteiger partial charge in [0.05, 0.1) is 5.92 Å². The summed E-state index contributed by atoms with van der Waals surface area (Å²) in [5.74, 6) is -1.82. The van der Waals surface area contributed by atoms with Gasteiger partial charge < -0.3 is 10.4 Å². The summed E-state index contributed by atoms with van der Waals surface area (Å²) in [5, 5.41) is 11.7. The van der Waals surface area contributed by atoms with Crippen LogP contribution in [0.5, 0.6) is 0 Å². The van der Waals surface area contributed by atoms with Gasteiger partial charge in [0.25, 0.3) is 0 Å². The molecule has 92 valence electrons. The van der Waals surface area contributed by atoms with Gasteiger partial charge in [-0.2, -0.15) is 0 Å². The van der Waals surface area contributed by atoms with Crippen molar-refractivity contribution in [2.45, 2.75) is 25.8 Å². The Morgan fingerprint density at radius 3 is 2.53 bits per heavy atom. The summed E-state index contributed by atoms with van der Waals surface area (Å²) in [7, 11) is 0. The fourth-order valence-corrected chi connectivity index (χ4v) is 1.53. The predicted molar refractivity (Wildman–Crippen MR) is 65.1 cm³/mol. The van der Waals surface area contributed by atoms with Crippen LogP contribution in [0.4, 0.5) is 0 Å². The summed E-state index contributed by atoms with van der Waals surface area (Å²) < 4.78 is 0. The second kappa shape index (κ2) is 5.68. The second-order valence-corrected chi connectivity index (χ2v) is 4.28. The van der Waals surface area contributed by atoms with Crippen LogP contribution in [0, 0.1) is 0 Å². The third-order valence-electron chi connectivity index (χ3n) is 2.47. The molecule has 0 heterocycles. The van der Waals surface area contributed by atoms with Gasteiger partial charge in [-0.15, -0.1) is 0 Å². The molecule has 0 radical (unpaired) electrons. The van der Waals surface area contributed by atoms with E-state index in [0.29, 0.717) is 5.02 Å². The third-order valence-corrected chi connectivity index (χ3v) is 2.71. The minimum Gasteiger partial charge on any atom is -0.480 e. The molecule has 0 aliphatic carbocycles. The molecule has 1 aromatic rings. The topological polar surface area (TPSA) is 66.4 Å². The minimum atomic E-state index is -1.06. The largest absolute Gasteiger partial charge is 0.480 e. The van der Waals surface area contributed by atoms with Crippen LogP contribution in [0.1, 0.15) is 25.3 Å². The number of carbonyl (C=O) groups is 2. The Balaban J connectivity index is 2.73. The van der Waals surface area contributed by atoms with Crippen molar-refractivity contribution >= 4 is 23.5 Å². The average molecular weight is 256 g/mol. The molecule has 2 N–H and O–H groups in total.